The van der Waals surface area contributed by atoms with Crippen LogP contribution in [-0.4, -0.2) is 107 Å². The van der Waals surface area contributed by atoms with E-state index in [2.05, 4.69) is 97.1 Å². The molecule has 0 saturated carbocycles. The number of nitrogens with one attached hydrogen (secondary N) is 2. The fraction of sp³-hybridized carbons (Fsp3) is 0.414. The van der Waals surface area contributed by atoms with Gasteiger partial charge < -0.3 is 43.5 Å². The number of rotatable bonds is 21. The number of carbonyl (C=O) groups is 4. The van der Waals surface area contributed by atoms with Crippen molar-refractivity contribution in [1.82, 2.24) is 10.2 Å². The summed E-state index contributed by atoms with van der Waals surface area (Å²) in [5.41, 5.74) is 5.07. The summed E-state index contributed by atoms with van der Waals surface area (Å²) in [6.45, 7) is 12.6. The minimum atomic E-state index is -2.76. The van der Waals surface area contributed by atoms with Gasteiger partial charge in [-0.15, -0.1) is 0 Å². The van der Waals surface area contributed by atoms with Gasteiger partial charge in [0.15, 0.2) is 6.10 Å². The van der Waals surface area contributed by atoms with E-state index >= 15 is 0 Å². The topological polar surface area (TPSA) is 199 Å². The van der Waals surface area contributed by atoms with Gasteiger partial charge in [-0.2, -0.15) is 0 Å². The Morgan fingerprint density at radius 2 is 1.45 bits per heavy atom. The smallest absolute Gasteiger partial charge is 0.412 e. The highest BCUT2D eigenvalue weighted by atomic mass is 28.4. The van der Waals surface area contributed by atoms with E-state index < -0.39 is 57.1 Å². The highest BCUT2D eigenvalue weighted by molar-refractivity contribution is 6.99. The molecule has 1 aliphatic carbocycles. The minimum absolute atomic E-state index is 0.0507. The second-order valence-electron chi connectivity index (χ2n) is 20.4. The Bertz CT molecular complexity index is 2680. The average Bonchev–Trinajstić information content (AvgIpc) is 4.07. The predicted molar refractivity (Wildman–Crippen MR) is 285 cm³/mol. The molecule has 0 radical (unpaired) electrons. The number of fused-ring (bicyclic) bond motifs is 3. The number of alkyl carbamates (subject to hydrolysis) is 1. The van der Waals surface area contributed by atoms with Gasteiger partial charge in [-0.1, -0.05) is 155 Å². The molecule has 2 fully saturated rings. The first-order chi connectivity index (χ1) is 36.7. The van der Waals surface area contributed by atoms with Crippen LogP contribution in [0.5, 0.6) is 5.75 Å². The molecule has 17 nitrogen and oxygen atoms in total. The van der Waals surface area contributed by atoms with Crippen LogP contribution in [0.4, 0.5) is 15.3 Å². The molecule has 0 bridgehead atoms. The molecule has 5 aromatic rings. The van der Waals surface area contributed by atoms with Crippen LogP contribution in [0.2, 0.25) is 5.04 Å². The monoisotopic (exact) mass is 1060 g/mol. The molecule has 8 rings (SSSR count). The summed E-state index contributed by atoms with van der Waals surface area (Å²) in [5, 5.41) is 20.5. The van der Waals surface area contributed by atoms with Crippen molar-refractivity contribution in [3.8, 4) is 16.9 Å². The Hall–Kier alpha value is -6.64. The Morgan fingerprint density at radius 3 is 2.08 bits per heavy atom. The van der Waals surface area contributed by atoms with E-state index in [9.17, 15) is 19.2 Å². The van der Waals surface area contributed by atoms with Crippen LogP contribution in [0.25, 0.3) is 11.1 Å². The van der Waals surface area contributed by atoms with Crippen molar-refractivity contribution in [2.24, 2.45) is 11.8 Å². The standard InChI is InChI=1S/C58H69N3O14Si/c1-38-39(2)54(72-40(3)62)55(74-51(38)37-70-75-66)73-50-28-27-41(34-49(50)60-52(63)29-30-59-56(64)68-36-48-46-24-15-13-22-44(46)45-23-14-16-25-47(45)48)35-69-57(65)61-31-33-67-53(61)26-17-32-71-76(58(4,5)6,42-18-9-7-10-19-42)43-20-11-8-12-21-43/h7-16,18-25,27-28,34,38-39,48,51,53-55,66H,17,26,29-33,35-37H2,1-6H3,(H,59,64)(H,60,63)/t38-,39-,51+,53?,54+,55+/m0/s1. The van der Waals surface area contributed by atoms with Crippen molar-refractivity contribution in [2.75, 3.05) is 44.8 Å². The van der Waals surface area contributed by atoms with E-state index in [1.54, 1.807) is 23.1 Å². The lowest BCUT2D eigenvalue weighted by Gasteiger charge is -2.43. The number of anilines is 1. The van der Waals surface area contributed by atoms with Crippen LogP contribution < -0.4 is 25.7 Å². The number of nitrogens with zero attached hydrogens (tertiary/aromatic N) is 1. The fourth-order valence-electron chi connectivity index (χ4n) is 10.6. The first kappa shape index (κ1) is 55.6. The second-order valence-corrected chi connectivity index (χ2v) is 24.7. The lowest BCUT2D eigenvalue weighted by molar-refractivity contribution is -0.497. The lowest BCUT2D eigenvalue weighted by Crippen LogP contribution is -2.66. The van der Waals surface area contributed by atoms with Gasteiger partial charge in [-0.05, 0) is 74.1 Å². The molecule has 6 atom stereocenters. The quantitative estimate of drug-likeness (QED) is 0.0157. The maximum absolute atomic E-state index is 13.8. The second kappa shape index (κ2) is 25.5. The third-order valence-corrected chi connectivity index (χ3v) is 19.6. The molecule has 3 aliphatic rings. The Morgan fingerprint density at radius 1 is 0.803 bits per heavy atom. The third kappa shape index (κ3) is 12.9. The highest BCUT2D eigenvalue weighted by Gasteiger charge is 2.50. The van der Waals surface area contributed by atoms with E-state index in [0.29, 0.717) is 38.2 Å². The normalized spacial score (nSPS) is 20.3. The molecule has 2 saturated heterocycles. The molecule has 18 heteroatoms. The number of hydrogen-bond acceptors (Lipinski definition) is 14. The number of ether oxygens (including phenoxy) is 6. The molecule has 3 N–H and O–H groups in total. The summed E-state index contributed by atoms with van der Waals surface area (Å²) in [6.07, 6.45) is -3.48. The average molecular weight is 1060 g/mol. The SMILES string of the molecule is CC(=O)O[C@H]1[C@H](Oc2ccc(COC(=O)N3CCOC3CCCO[Si](c3ccccc3)(c3ccccc3)C(C)(C)C)cc2NC(=O)CCNC(=O)OCC2c3ccccc3-c3ccccc32)O[C@H](COOO)[C@@H](C)[C@@H]1C. The molecule has 1 unspecified atom stereocenters. The van der Waals surface area contributed by atoms with Crippen molar-refractivity contribution in [2.45, 2.75) is 103 Å². The number of esters is 1. The summed E-state index contributed by atoms with van der Waals surface area (Å²) in [5.74, 6) is -1.58. The van der Waals surface area contributed by atoms with Gasteiger partial charge >= 0.3 is 18.2 Å². The highest BCUT2D eigenvalue weighted by Crippen LogP contribution is 2.45. The van der Waals surface area contributed by atoms with E-state index in [1.807, 2.05) is 62.4 Å². The molecule has 0 spiro atoms. The van der Waals surface area contributed by atoms with Gasteiger partial charge in [0.1, 0.15) is 31.8 Å². The van der Waals surface area contributed by atoms with Crippen molar-refractivity contribution in [3.05, 3.63) is 144 Å². The number of benzene rings is 5. The Labute approximate surface area is 445 Å². The molecule has 76 heavy (non-hydrogen) atoms. The lowest BCUT2D eigenvalue weighted by atomic mass is 9.83. The first-order valence-corrected chi connectivity index (χ1v) is 27.8. The summed E-state index contributed by atoms with van der Waals surface area (Å²) in [4.78, 5) is 59.1. The molecule has 0 aromatic heterocycles. The summed E-state index contributed by atoms with van der Waals surface area (Å²) in [6, 6.07) is 41.8. The zero-order valence-electron chi connectivity index (χ0n) is 43.9. The van der Waals surface area contributed by atoms with Gasteiger partial charge in [-0.3, -0.25) is 14.5 Å². The minimum Gasteiger partial charge on any atom is -0.459 e. The third-order valence-electron chi connectivity index (χ3n) is 14.5. The molecular weight excluding hydrogens is 991 g/mol. The van der Waals surface area contributed by atoms with Crippen molar-refractivity contribution < 1.29 is 67.2 Å². The van der Waals surface area contributed by atoms with E-state index in [4.69, 9.17) is 43.0 Å². The van der Waals surface area contributed by atoms with Crippen molar-refractivity contribution in [1.29, 1.82) is 0 Å². The number of carbonyl (C=O) groups excluding carboxylic acids is 4. The molecule has 3 amide bonds. The van der Waals surface area contributed by atoms with Crippen molar-refractivity contribution >= 4 is 48.4 Å². The van der Waals surface area contributed by atoms with Crippen LogP contribution >= 0.6 is 0 Å². The summed E-state index contributed by atoms with van der Waals surface area (Å²) < 4.78 is 43.1. The van der Waals surface area contributed by atoms with Gasteiger partial charge in [0.2, 0.25) is 12.2 Å². The van der Waals surface area contributed by atoms with E-state index in [0.717, 1.165) is 22.3 Å². The van der Waals surface area contributed by atoms with Crippen LogP contribution in [0.1, 0.15) is 83.4 Å². The Balaban J connectivity index is 0.915. The van der Waals surface area contributed by atoms with Crippen LogP contribution in [0.3, 0.4) is 0 Å². The van der Waals surface area contributed by atoms with Gasteiger partial charge in [-0.25, -0.2) is 19.7 Å². The predicted octanol–water partition coefficient (Wildman–Crippen LogP) is 8.93. The van der Waals surface area contributed by atoms with Gasteiger partial charge in [0, 0.05) is 38.3 Å². The van der Waals surface area contributed by atoms with Crippen LogP contribution in [0, 0.1) is 11.8 Å². The molecule has 404 valence electrons. The number of hydrogen-bond donors (Lipinski definition) is 3. The van der Waals surface area contributed by atoms with Crippen LogP contribution in [0.15, 0.2) is 127 Å². The zero-order valence-corrected chi connectivity index (χ0v) is 44.9. The van der Waals surface area contributed by atoms with Crippen LogP contribution in [-0.2, 0) is 54.2 Å². The maximum Gasteiger partial charge on any atom is 0.412 e. The van der Waals surface area contributed by atoms with Gasteiger partial charge in [0.05, 0.1) is 24.9 Å². The van der Waals surface area contributed by atoms with Gasteiger partial charge in [0.25, 0.3) is 8.32 Å². The van der Waals surface area contributed by atoms with E-state index in [1.165, 1.54) is 17.3 Å². The summed E-state index contributed by atoms with van der Waals surface area (Å²) in [7, 11) is -2.76. The van der Waals surface area contributed by atoms with Crippen molar-refractivity contribution in [3.63, 3.8) is 0 Å². The summed E-state index contributed by atoms with van der Waals surface area (Å²) >= 11 is 0. The largest absolute Gasteiger partial charge is 0.459 e. The number of amides is 3. The van der Waals surface area contributed by atoms with E-state index in [-0.39, 0.29) is 67.0 Å². The maximum atomic E-state index is 13.8. The Kier molecular flexibility index (Phi) is 18.6. The molecule has 2 aliphatic heterocycles. The molecule has 2 heterocycles. The zero-order chi connectivity index (χ0) is 53.8. The molecule has 5 aromatic carbocycles. The fourth-order valence-corrected chi connectivity index (χ4v) is 15.2. The first-order valence-electron chi connectivity index (χ1n) is 25.9. The molecular formula is C58H69N3O14Si.